The Hall–Kier alpha value is -2.75. The molecular formula is C25H19Cl2IN2O4. The molecule has 0 saturated carbocycles. The normalized spacial score (nSPS) is 14.5. The first-order valence-electron chi connectivity index (χ1n) is 10.3. The minimum Gasteiger partial charge on any atom is -0.490 e. The second-order valence-corrected chi connectivity index (χ2v) is 9.38. The van der Waals surface area contributed by atoms with Gasteiger partial charge in [-0.1, -0.05) is 41.4 Å². The molecule has 34 heavy (non-hydrogen) atoms. The molecule has 0 unspecified atom stereocenters. The molecular weight excluding hydrogens is 590 g/mol. The molecule has 1 fully saturated rings. The van der Waals surface area contributed by atoms with Gasteiger partial charge >= 0.3 is 6.03 Å². The van der Waals surface area contributed by atoms with Crippen molar-refractivity contribution < 1.29 is 19.1 Å². The molecule has 0 spiro atoms. The van der Waals surface area contributed by atoms with Crippen molar-refractivity contribution in [1.29, 1.82) is 0 Å². The van der Waals surface area contributed by atoms with Gasteiger partial charge in [0.15, 0.2) is 11.5 Å². The van der Waals surface area contributed by atoms with E-state index in [4.69, 9.17) is 32.7 Å². The van der Waals surface area contributed by atoms with E-state index in [0.29, 0.717) is 46.0 Å². The van der Waals surface area contributed by atoms with Crippen molar-refractivity contribution in [3.63, 3.8) is 0 Å². The van der Waals surface area contributed by atoms with Crippen LogP contribution < -0.4 is 19.7 Å². The highest BCUT2D eigenvalue weighted by Gasteiger charge is 2.35. The van der Waals surface area contributed by atoms with E-state index in [1.165, 1.54) is 0 Å². The number of ether oxygens (including phenoxy) is 2. The maximum Gasteiger partial charge on any atom is 0.333 e. The number of rotatable bonds is 7. The smallest absolute Gasteiger partial charge is 0.333 e. The number of hydrogen-bond donors (Lipinski definition) is 1. The van der Waals surface area contributed by atoms with Gasteiger partial charge in [-0.2, -0.15) is 0 Å². The SMILES string of the molecule is CCOc1cc(/C=C2/NC(=O)N(c3cccc(Cl)c3)C2=O)cc(Cl)c1OCc1ccc(I)cc1. The van der Waals surface area contributed by atoms with Crippen LogP contribution in [0.1, 0.15) is 18.1 Å². The van der Waals surface area contributed by atoms with Crippen molar-refractivity contribution >= 4 is 69.5 Å². The zero-order valence-corrected chi connectivity index (χ0v) is 21.6. The van der Waals surface area contributed by atoms with Gasteiger partial charge in [-0.25, -0.2) is 9.69 Å². The fourth-order valence-corrected chi connectivity index (χ4v) is 4.18. The predicted octanol–water partition coefficient (Wildman–Crippen LogP) is 6.67. The van der Waals surface area contributed by atoms with E-state index in [9.17, 15) is 9.59 Å². The van der Waals surface area contributed by atoms with Crippen LogP contribution in [0, 0.1) is 3.57 Å². The van der Waals surface area contributed by atoms with E-state index >= 15 is 0 Å². The highest BCUT2D eigenvalue weighted by atomic mass is 127. The largest absolute Gasteiger partial charge is 0.490 e. The summed E-state index contributed by atoms with van der Waals surface area (Å²) in [4.78, 5) is 26.4. The highest BCUT2D eigenvalue weighted by Crippen LogP contribution is 2.38. The Balaban J connectivity index is 1.60. The quantitative estimate of drug-likeness (QED) is 0.185. The summed E-state index contributed by atoms with van der Waals surface area (Å²) in [5.41, 5.74) is 2.05. The van der Waals surface area contributed by atoms with Gasteiger partial charge in [0.2, 0.25) is 0 Å². The summed E-state index contributed by atoms with van der Waals surface area (Å²) < 4.78 is 12.8. The highest BCUT2D eigenvalue weighted by molar-refractivity contribution is 14.1. The van der Waals surface area contributed by atoms with Gasteiger partial charge in [-0.05, 0) is 89.2 Å². The Morgan fingerprint density at radius 1 is 1.03 bits per heavy atom. The number of anilines is 1. The third-order valence-electron chi connectivity index (χ3n) is 4.88. The number of benzene rings is 3. The van der Waals surface area contributed by atoms with E-state index < -0.39 is 11.9 Å². The molecule has 3 aromatic rings. The topological polar surface area (TPSA) is 67.9 Å². The average Bonchev–Trinajstić information content (AvgIpc) is 3.07. The van der Waals surface area contributed by atoms with E-state index in [-0.39, 0.29) is 5.70 Å². The van der Waals surface area contributed by atoms with Gasteiger partial charge in [0.05, 0.1) is 17.3 Å². The van der Waals surface area contributed by atoms with Crippen LogP contribution in [0.5, 0.6) is 11.5 Å². The summed E-state index contributed by atoms with van der Waals surface area (Å²) in [5.74, 6) is 0.350. The van der Waals surface area contributed by atoms with Crippen molar-refractivity contribution in [2.24, 2.45) is 0 Å². The molecule has 0 aromatic heterocycles. The summed E-state index contributed by atoms with van der Waals surface area (Å²) in [6.07, 6.45) is 1.54. The molecule has 4 rings (SSSR count). The number of hydrogen-bond acceptors (Lipinski definition) is 4. The monoisotopic (exact) mass is 608 g/mol. The van der Waals surface area contributed by atoms with Crippen LogP contribution >= 0.6 is 45.8 Å². The molecule has 174 valence electrons. The van der Waals surface area contributed by atoms with Crippen LogP contribution in [0.25, 0.3) is 6.08 Å². The molecule has 1 aliphatic heterocycles. The van der Waals surface area contributed by atoms with Gasteiger partial charge < -0.3 is 14.8 Å². The summed E-state index contributed by atoms with van der Waals surface area (Å²) in [5, 5.41) is 3.34. The second kappa shape index (κ2) is 10.7. The molecule has 0 bridgehead atoms. The van der Waals surface area contributed by atoms with Crippen LogP contribution in [-0.4, -0.2) is 18.5 Å². The number of carbonyl (C=O) groups excluding carboxylic acids is 2. The Morgan fingerprint density at radius 3 is 2.50 bits per heavy atom. The maximum absolute atomic E-state index is 12.9. The lowest BCUT2D eigenvalue weighted by Crippen LogP contribution is -2.30. The number of nitrogens with one attached hydrogen (secondary N) is 1. The fourth-order valence-electron chi connectivity index (χ4n) is 3.36. The van der Waals surface area contributed by atoms with E-state index in [1.807, 2.05) is 31.2 Å². The molecule has 1 aliphatic rings. The number of imide groups is 1. The fraction of sp³-hybridized carbons (Fsp3) is 0.120. The van der Waals surface area contributed by atoms with Crippen molar-refractivity contribution in [2.45, 2.75) is 13.5 Å². The van der Waals surface area contributed by atoms with Crippen molar-refractivity contribution in [2.75, 3.05) is 11.5 Å². The Bertz CT molecular complexity index is 1280. The number of urea groups is 1. The minimum absolute atomic E-state index is 0.107. The number of amides is 3. The molecule has 6 nitrogen and oxygen atoms in total. The lowest BCUT2D eigenvalue weighted by atomic mass is 10.1. The zero-order chi connectivity index (χ0) is 24.2. The number of nitrogens with zero attached hydrogens (tertiary/aromatic N) is 1. The molecule has 0 atom stereocenters. The maximum atomic E-state index is 12.9. The molecule has 0 aliphatic carbocycles. The lowest BCUT2D eigenvalue weighted by Gasteiger charge is -2.15. The van der Waals surface area contributed by atoms with Crippen LogP contribution in [0.4, 0.5) is 10.5 Å². The Kier molecular flexibility index (Phi) is 7.65. The van der Waals surface area contributed by atoms with Crippen LogP contribution in [-0.2, 0) is 11.4 Å². The van der Waals surface area contributed by atoms with Crippen LogP contribution in [0.15, 0.2) is 66.4 Å². The molecule has 3 amide bonds. The number of carbonyl (C=O) groups is 2. The summed E-state index contributed by atoms with van der Waals surface area (Å²) in [6, 6.07) is 17.3. The Labute approximate surface area is 220 Å². The first kappa shape index (κ1) is 24.4. The van der Waals surface area contributed by atoms with Crippen molar-refractivity contribution in [3.8, 4) is 11.5 Å². The van der Waals surface area contributed by atoms with E-state index in [0.717, 1.165) is 14.0 Å². The summed E-state index contributed by atoms with van der Waals surface area (Å²) >= 11 is 14.8. The van der Waals surface area contributed by atoms with Crippen LogP contribution in [0.2, 0.25) is 10.0 Å². The Morgan fingerprint density at radius 2 is 1.79 bits per heavy atom. The van der Waals surface area contributed by atoms with Gasteiger partial charge in [0.25, 0.3) is 5.91 Å². The van der Waals surface area contributed by atoms with Crippen molar-refractivity contribution in [1.82, 2.24) is 5.32 Å². The third-order valence-corrected chi connectivity index (χ3v) is 6.12. The van der Waals surface area contributed by atoms with Gasteiger partial charge in [0.1, 0.15) is 12.3 Å². The van der Waals surface area contributed by atoms with E-state index in [2.05, 4.69) is 27.9 Å². The standard InChI is InChI=1S/C25H19Cl2IN2O4/c1-2-33-22-12-16(10-20(27)23(22)34-14-15-6-8-18(28)9-7-15)11-21-24(31)30(25(32)29-21)19-5-3-4-17(26)13-19/h3-13H,2,14H2,1H3,(H,29,32)/b21-11+. The minimum atomic E-state index is -0.563. The molecule has 1 N–H and O–H groups in total. The molecule has 9 heteroatoms. The van der Waals surface area contributed by atoms with Gasteiger partial charge in [0, 0.05) is 8.59 Å². The van der Waals surface area contributed by atoms with E-state index in [1.54, 1.807) is 42.5 Å². The van der Waals surface area contributed by atoms with Crippen molar-refractivity contribution in [3.05, 3.63) is 91.1 Å². The zero-order valence-electron chi connectivity index (χ0n) is 18.0. The molecule has 1 saturated heterocycles. The first-order chi connectivity index (χ1) is 16.4. The molecule has 3 aromatic carbocycles. The molecule has 0 radical (unpaired) electrons. The summed E-state index contributed by atoms with van der Waals surface area (Å²) in [7, 11) is 0. The predicted molar refractivity (Wildman–Crippen MR) is 142 cm³/mol. The average molecular weight is 609 g/mol. The summed E-state index contributed by atoms with van der Waals surface area (Å²) in [6.45, 7) is 2.57. The second-order valence-electron chi connectivity index (χ2n) is 7.29. The third kappa shape index (κ3) is 5.48. The first-order valence-corrected chi connectivity index (χ1v) is 12.2. The molecule has 1 heterocycles. The van der Waals surface area contributed by atoms with Crippen LogP contribution in [0.3, 0.4) is 0 Å². The van der Waals surface area contributed by atoms with Gasteiger partial charge in [-0.15, -0.1) is 0 Å². The lowest BCUT2D eigenvalue weighted by molar-refractivity contribution is -0.113. The number of halogens is 3. The van der Waals surface area contributed by atoms with Gasteiger partial charge in [-0.3, -0.25) is 4.79 Å².